The number of nitrogens with zero attached hydrogens (tertiary/aromatic N) is 1. The molecule has 1 fully saturated rings. The van der Waals surface area contributed by atoms with Gasteiger partial charge in [0.2, 0.25) is 0 Å². The monoisotopic (exact) mass is 260 g/mol. The summed E-state index contributed by atoms with van der Waals surface area (Å²) >= 11 is 0. The van der Waals surface area contributed by atoms with Crippen molar-refractivity contribution in [1.82, 2.24) is 10.2 Å². The molecule has 1 saturated heterocycles. The molecule has 1 atom stereocenters. The molecule has 0 spiro atoms. The van der Waals surface area contributed by atoms with E-state index in [2.05, 4.69) is 5.32 Å². The third kappa shape index (κ3) is 2.35. The highest BCUT2D eigenvalue weighted by atomic mass is 16.2. The second-order valence-electron chi connectivity index (χ2n) is 5.73. The molecule has 0 aromatic heterocycles. The van der Waals surface area contributed by atoms with Crippen molar-refractivity contribution < 1.29 is 9.59 Å². The summed E-state index contributed by atoms with van der Waals surface area (Å²) in [4.78, 5) is 25.8. The third-order valence-corrected chi connectivity index (χ3v) is 3.45. The molecule has 4 nitrogen and oxygen atoms in total. The van der Waals surface area contributed by atoms with E-state index < -0.39 is 5.54 Å². The molecule has 1 aromatic rings. The van der Waals surface area contributed by atoms with Crippen molar-refractivity contribution in [3.05, 3.63) is 35.4 Å². The number of carbonyl (C=O) groups excluding carboxylic acids is 2. The molecule has 19 heavy (non-hydrogen) atoms. The highest BCUT2D eigenvalue weighted by Gasteiger charge is 2.48. The quantitative estimate of drug-likeness (QED) is 0.848. The fourth-order valence-corrected chi connectivity index (χ4v) is 2.31. The minimum absolute atomic E-state index is 0.171. The maximum Gasteiger partial charge on any atom is 0.325 e. The number of hydrogen-bond acceptors (Lipinski definition) is 2. The van der Waals surface area contributed by atoms with E-state index in [0.29, 0.717) is 6.54 Å². The second kappa shape index (κ2) is 4.68. The number of carbonyl (C=O) groups is 2. The van der Waals surface area contributed by atoms with Crippen molar-refractivity contribution in [2.45, 2.75) is 33.2 Å². The van der Waals surface area contributed by atoms with Crippen LogP contribution in [-0.4, -0.2) is 23.4 Å². The Morgan fingerprint density at radius 1 is 1.21 bits per heavy atom. The van der Waals surface area contributed by atoms with Gasteiger partial charge < -0.3 is 5.32 Å². The van der Waals surface area contributed by atoms with Crippen LogP contribution in [0.4, 0.5) is 4.79 Å². The van der Waals surface area contributed by atoms with Crippen molar-refractivity contribution in [3.63, 3.8) is 0 Å². The van der Waals surface area contributed by atoms with Gasteiger partial charge in [-0.15, -0.1) is 0 Å². The SMILES string of the molecule is Cc1ccc(C2(C)NC(=O)N(CC(C)C)C2=O)cc1. The number of imide groups is 1. The van der Waals surface area contributed by atoms with Crippen LogP contribution in [0.15, 0.2) is 24.3 Å². The van der Waals surface area contributed by atoms with E-state index in [-0.39, 0.29) is 17.9 Å². The Morgan fingerprint density at radius 2 is 1.79 bits per heavy atom. The van der Waals surface area contributed by atoms with Crippen LogP contribution in [0.5, 0.6) is 0 Å². The average molecular weight is 260 g/mol. The van der Waals surface area contributed by atoms with E-state index in [1.54, 1.807) is 6.92 Å². The zero-order chi connectivity index (χ0) is 14.2. The number of aryl methyl sites for hydroxylation is 1. The van der Waals surface area contributed by atoms with E-state index in [1.807, 2.05) is 45.0 Å². The van der Waals surface area contributed by atoms with E-state index in [1.165, 1.54) is 4.90 Å². The molecule has 0 aliphatic carbocycles. The molecule has 4 heteroatoms. The van der Waals surface area contributed by atoms with Gasteiger partial charge in [-0.1, -0.05) is 43.7 Å². The van der Waals surface area contributed by atoms with E-state index in [0.717, 1.165) is 11.1 Å². The molecule has 3 amide bonds. The fraction of sp³-hybridized carbons (Fsp3) is 0.467. The zero-order valence-electron chi connectivity index (χ0n) is 11.9. The van der Waals surface area contributed by atoms with Crippen molar-refractivity contribution in [1.29, 1.82) is 0 Å². The molecule has 0 saturated carbocycles. The number of rotatable bonds is 3. The molecule has 1 aliphatic rings. The summed E-state index contributed by atoms with van der Waals surface area (Å²) in [7, 11) is 0. The number of hydrogen-bond donors (Lipinski definition) is 1. The Balaban J connectivity index is 2.32. The van der Waals surface area contributed by atoms with Crippen LogP contribution in [0.25, 0.3) is 0 Å². The average Bonchev–Trinajstić information content (AvgIpc) is 2.54. The van der Waals surface area contributed by atoms with E-state index in [9.17, 15) is 9.59 Å². The van der Waals surface area contributed by atoms with Gasteiger partial charge in [-0.3, -0.25) is 9.69 Å². The first kappa shape index (κ1) is 13.6. The maximum absolute atomic E-state index is 12.5. The molecule has 1 N–H and O–H groups in total. The zero-order valence-corrected chi connectivity index (χ0v) is 11.9. The van der Waals surface area contributed by atoms with Crippen LogP contribution >= 0.6 is 0 Å². The predicted octanol–water partition coefficient (Wildman–Crippen LogP) is 2.42. The summed E-state index contributed by atoms with van der Waals surface area (Å²) in [5.41, 5.74) is 1.01. The molecule has 0 bridgehead atoms. The number of nitrogens with one attached hydrogen (secondary N) is 1. The van der Waals surface area contributed by atoms with Gasteiger partial charge in [-0.2, -0.15) is 0 Å². The van der Waals surface area contributed by atoms with E-state index in [4.69, 9.17) is 0 Å². The number of benzene rings is 1. The number of urea groups is 1. The molecule has 102 valence electrons. The second-order valence-corrected chi connectivity index (χ2v) is 5.73. The predicted molar refractivity (Wildman–Crippen MR) is 73.6 cm³/mol. The molecule has 1 heterocycles. The largest absolute Gasteiger partial charge is 0.325 e. The Bertz CT molecular complexity index is 507. The molecular formula is C15H20N2O2. The molecule has 1 unspecified atom stereocenters. The molecule has 1 aromatic carbocycles. The van der Waals surface area contributed by atoms with Gasteiger partial charge in [0.1, 0.15) is 5.54 Å². The first-order valence-corrected chi connectivity index (χ1v) is 6.56. The highest BCUT2D eigenvalue weighted by molar-refractivity contribution is 6.07. The van der Waals surface area contributed by atoms with Crippen LogP contribution in [-0.2, 0) is 10.3 Å². The Morgan fingerprint density at radius 3 is 2.32 bits per heavy atom. The van der Waals surface area contributed by atoms with Crippen LogP contribution in [0.3, 0.4) is 0 Å². The number of amides is 3. The maximum atomic E-state index is 12.5. The lowest BCUT2D eigenvalue weighted by atomic mass is 9.91. The van der Waals surface area contributed by atoms with Gasteiger partial charge in [0.25, 0.3) is 5.91 Å². The fourth-order valence-electron chi connectivity index (χ4n) is 2.31. The summed E-state index contributed by atoms with van der Waals surface area (Å²) in [5.74, 6) is 0.0881. The lowest BCUT2D eigenvalue weighted by Crippen LogP contribution is -2.41. The summed E-state index contributed by atoms with van der Waals surface area (Å²) in [6.45, 7) is 8.18. The molecular weight excluding hydrogens is 240 g/mol. The van der Waals surface area contributed by atoms with Gasteiger partial charge in [0.05, 0.1) is 0 Å². The first-order chi connectivity index (χ1) is 8.84. The minimum Gasteiger partial charge on any atom is -0.319 e. The molecule has 1 aliphatic heterocycles. The topological polar surface area (TPSA) is 49.4 Å². The van der Waals surface area contributed by atoms with Gasteiger partial charge >= 0.3 is 6.03 Å². The van der Waals surface area contributed by atoms with Crippen molar-refractivity contribution in [2.24, 2.45) is 5.92 Å². The Labute approximate surface area is 113 Å². The van der Waals surface area contributed by atoms with E-state index >= 15 is 0 Å². The van der Waals surface area contributed by atoms with Crippen LogP contribution < -0.4 is 5.32 Å². The summed E-state index contributed by atoms with van der Waals surface area (Å²) in [6, 6.07) is 7.39. The van der Waals surface area contributed by atoms with Gasteiger partial charge in [0, 0.05) is 6.54 Å². The van der Waals surface area contributed by atoms with Crippen LogP contribution in [0.2, 0.25) is 0 Å². The minimum atomic E-state index is -0.945. The Kier molecular flexibility index (Phi) is 3.35. The highest BCUT2D eigenvalue weighted by Crippen LogP contribution is 2.29. The molecule has 2 rings (SSSR count). The smallest absolute Gasteiger partial charge is 0.319 e. The van der Waals surface area contributed by atoms with Crippen LogP contribution in [0, 0.1) is 12.8 Å². The van der Waals surface area contributed by atoms with Crippen molar-refractivity contribution >= 4 is 11.9 Å². The summed E-state index contributed by atoms with van der Waals surface area (Å²) in [6.07, 6.45) is 0. The van der Waals surface area contributed by atoms with Crippen LogP contribution in [0.1, 0.15) is 31.9 Å². The standard InChI is InChI=1S/C15H20N2O2/c1-10(2)9-17-13(18)15(4,16-14(17)19)12-7-5-11(3)6-8-12/h5-8,10H,9H2,1-4H3,(H,16,19). The lowest BCUT2D eigenvalue weighted by molar-refractivity contribution is -0.131. The summed E-state index contributed by atoms with van der Waals surface area (Å²) < 4.78 is 0. The van der Waals surface area contributed by atoms with Gasteiger partial charge in [0.15, 0.2) is 0 Å². The third-order valence-electron chi connectivity index (χ3n) is 3.45. The lowest BCUT2D eigenvalue weighted by Gasteiger charge is -2.22. The Hall–Kier alpha value is -1.84. The normalized spacial score (nSPS) is 23.1. The van der Waals surface area contributed by atoms with Gasteiger partial charge in [-0.05, 0) is 25.3 Å². The van der Waals surface area contributed by atoms with Crippen molar-refractivity contribution in [2.75, 3.05) is 6.54 Å². The molecule has 0 radical (unpaired) electrons. The first-order valence-electron chi connectivity index (χ1n) is 6.56. The summed E-state index contributed by atoms with van der Waals surface area (Å²) in [5, 5.41) is 2.81. The van der Waals surface area contributed by atoms with Gasteiger partial charge in [-0.25, -0.2) is 4.79 Å². The van der Waals surface area contributed by atoms with Crippen molar-refractivity contribution in [3.8, 4) is 0 Å².